The summed E-state index contributed by atoms with van der Waals surface area (Å²) in [6.45, 7) is 1.78. The summed E-state index contributed by atoms with van der Waals surface area (Å²) in [4.78, 5) is 14.3. The number of nitrogens with zero attached hydrogens (tertiary/aromatic N) is 3. The predicted molar refractivity (Wildman–Crippen MR) is 75.8 cm³/mol. The summed E-state index contributed by atoms with van der Waals surface area (Å²) in [5.41, 5.74) is 2.29. The SMILES string of the molecule is CN(C)c1nc2c(c(Nc3ccc[nH]3)n1)CNCC2. The number of aromatic amines is 1. The first-order valence-electron chi connectivity index (χ1n) is 6.42. The van der Waals surface area contributed by atoms with Gasteiger partial charge in [0, 0.05) is 45.4 Å². The van der Waals surface area contributed by atoms with Crippen molar-refractivity contribution in [2.45, 2.75) is 13.0 Å². The van der Waals surface area contributed by atoms with Crippen LogP contribution in [0.1, 0.15) is 11.3 Å². The Hall–Kier alpha value is -2.08. The van der Waals surface area contributed by atoms with Gasteiger partial charge in [-0.25, -0.2) is 4.98 Å². The zero-order valence-corrected chi connectivity index (χ0v) is 11.2. The fraction of sp³-hybridized carbons (Fsp3) is 0.385. The Bertz CT molecular complexity index is 561. The molecular weight excluding hydrogens is 240 g/mol. The summed E-state index contributed by atoms with van der Waals surface area (Å²) in [6, 6.07) is 3.95. The summed E-state index contributed by atoms with van der Waals surface area (Å²) in [5.74, 6) is 2.56. The molecule has 0 spiro atoms. The Morgan fingerprint density at radius 3 is 2.95 bits per heavy atom. The highest BCUT2D eigenvalue weighted by molar-refractivity contribution is 5.59. The van der Waals surface area contributed by atoms with Crippen LogP contribution in [0.25, 0.3) is 0 Å². The van der Waals surface area contributed by atoms with E-state index in [1.807, 2.05) is 37.3 Å². The van der Waals surface area contributed by atoms with Gasteiger partial charge in [-0.05, 0) is 12.1 Å². The highest BCUT2D eigenvalue weighted by Crippen LogP contribution is 2.24. The molecule has 19 heavy (non-hydrogen) atoms. The van der Waals surface area contributed by atoms with Crippen molar-refractivity contribution < 1.29 is 0 Å². The van der Waals surface area contributed by atoms with Crippen molar-refractivity contribution in [1.82, 2.24) is 20.3 Å². The minimum absolute atomic E-state index is 0.745. The topological polar surface area (TPSA) is 68.9 Å². The summed E-state index contributed by atoms with van der Waals surface area (Å²) in [6.07, 6.45) is 2.83. The molecule has 0 aliphatic carbocycles. The molecule has 100 valence electrons. The van der Waals surface area contributed by atoms with Crippen LogP contribution in [0.4, 0.5) is 17.6 Å². The Kier molecular flexibility index (Phi) is 3.08. The minimum Gasteiger partial charge on any atom is -0.348 e. The van der Waals surface area contributed by atoms with Crippen molar-refractivity contribution in [3.05, 3.63) is 29.6 Å². The van der Waals surface area contributed by atoms with Crippen LogP contribution in [0.3, 0.4) is 0 Å². The van der Waals surface area contributed by atoms with E-state index in [9.17, 15) is 0 Å². The average molecular weight is 258 g/mol. The maximum absolute atomic E-state index is 4.63. The Balaban J connectivity index is 2.02. The van der Waals surface area contributed by atoms with Gasteiger partial charge in [-0.1, -0.05) is 0 Å². The molecule has 3 heterocycles. The number of rotatable bonds is 3. The van der Waals surface area contributed by atoms with Crippen LogP contribution in [0.2, 0.25) is 0 Å². The second-order valence-electron chi connectivity index (χ2n) is 4.83. The normalized spacial score (nSPS) is 14.0. The van der Waals surface area contributed by atoms with Gasteiger partial charge in [0.25, 0.3) is 0 Å². The van der Waals surface area contributed by atoms with Crippen LogP contribution in [-0.4, -0.2) is 35.6 Å². The third-order valence-electron chi connectivity index (χ3n) is 3.17. The highest BCUT2D eigenvalue weighted by atomic mass is 15.2. The van der Waals surface area contributed by atoms with Gasteiger partial charge < -0.3 is 20.5 Å². The largest absolute Gasteiger partial charge is 0.348 e. The quantitative estimate of drug-likeness (QED) is 0.773. The van der Waals surface area contributed by atoms with Gasteiger partial charge in [-0.3, -0.25) is 0 Å². The fourth-order valence-electron chi connectivity index (χ4n) is 2.17. The monoisotopic (exact) mass is 258 g/mol. The second-order valence-corrected chi connectivity index (χ2v) is 4.83. The molecule has 2 aromatic rings. The first kappa shape index (κ1) is 12.0. The van der Waals surface area contributed by atoms with Crippen LogP contribution in [0.15, 0.2) is 18.3 Å². The smallest absolute Gasteiger partial charge is 0.227 e. The van der Waals surface area contributed by atoms with Gasteiger partial charge >= 0.3 is 0 Å². The summed E-state index contributed by atoms with van der Waals surface area (Å²) < 4.78 is 0. The zero-order valence-electron chi connectivity index (χ0n) is 11.2. The van der Waals surface area contributed by atoms with Crippen LogP contribution >= 0.6 is 0 Å². The maximum Gasteiger partial charge on any atom is 0.227 e. The molecule has 0 fully saturated rings. The van der Waals surface area contributed by atoms with Crippen LogP contribution in [-0.2, 0) is 13.0 Å². The van der Waals surface area contributed by atoms with E-state index in [0.29, 0.717) is 0 Å². The molecule has 0 radical (unpaired) electrons. The van der Waals surface area contributed by atoms with Crippen LogP contribution < -0.4 is 15.5 Å². The standard InChI is InChI=1S/C13H18N6/c1-19(2)13-16-10-5-7-14-8-9(10)12(18-13)17-11-4-3-6-15-11/h3-4,6,14-15H,5,7-8H2,1-2H3,(H,16,17,18). The predicted octanol–water partition coefficient (Wildman–Crippen LogP) is 1.26. The first-order chi connectivity index (χ1) is 9.24. The van der Waals surface area contributed by atoms with Gasteiger partial charge in [0.05, 0.1) is 5.69 Å². The minimum atomic E-state index is 0.745. The van der Waals surface area contributed by atoms with Crippen LogP contribution in [0.5, 0.6) is 0 Å². The molecule has 0 amide bonds. The Morgan fingerprint density at radius 1 is 1.32 bits per heavy atom. The van der Waals surface area contributed by atoms with Crippen molar-refractivity contribution in [3.63, 3.8) is 0 Å². The van der Waals surface area contributed by atoms with Crippen LogP contribution in [0, 0.1) is 0 Å². The fourth-order valence-corrected chi connectivity index (χ4v) is 2.17. The Morgan fingerprint density at radius 2 is 2.21 bits per heavy atom. The summed E-state index contributed by atoms with van der Waals surface area (Å²) >= 11 is 0. The first-order valence-corrected chi connectivity index (χ1v) is 6.42. The third-order valence-corrected chi connectivity index (χ3v) is 3.17. The van der Waals surface area contributed by atoms with Gasteiger partial charge in [-0.2, -0.15) is 4.98 Å². The molecule has 0 aromatic carbocycles. The number of hydrogen-bond acceptors (Lipinski definition) is 5. The van der Waals surface area contributed by atoms with E-state index >= 15 is 0 Å². The number of hydrogen-bond donors (Lipinski definition) is 3. The second kappa shape index (κ2) is 4.89. The highest BCUT2D eigenvalue weighted by Gasteiger charge is 2.18. The van der Waals surface area contributed by atoms with Crippen molar-refractivity contribution in [1.29, 1.82) is 0 Å². The molecule has 3 N–H and O–H groups in total. The molecule has 6 heteroatoms. The Labute approximate surface area is 112 Å². The van der Waals surface area contributed by atoms with E-state index < -0.39 is 0 Å². The molecule has 0 atom stereocenters. The molecule has 3 rings (SSSR count). The number of aromatic nitrogens is 3. The number of nitrogens with one attached hydrogen (secondary N) is 3. The van der Waals surface area contributed by atoms with E-state index in [1.165, 1.54) is 0 Å². The molecular formula is C13H18N6. The third kappa shape index (κ3) is 2.39. The van der Waals surface area contributed by atoms with E-state index in [2.05, 4.69) is 25.6 Å². The van der Waals surface area contributed by atoms with E-state index in [4.69, 9.17) is 0 Å². The molecule has 0 saturated heterocycles. The average Bonchev–Trinajstić information content (AvgIpc) is 2.91. The molecule has 1 aliphatic heterocycles. The lowest BCUT2D eigenvalue weighted by molar-refractivity contribution is 0.627. The summed E-state index contributed by atoms with van der Waals surface area (Å²) in [7, 11) is 3.92. The van der Waals surface area contributed by atoms with Gasteiger partial charge in [0.2, 0.25) is 5.95 Å². The van der Waals surface area contributed by atoms with Gasteiger partial charge in [0.15, 0.2) is 0 Å². The molecule has 0 saturated carbocycles. The molecule has 2 aromatic heterocycles. The number of H-pyrrole nitrogens is 1. The van der Waals surface area contributed by atoms with Gasteiger partial charge in [0.1, 0.15) is 11.6 Å². The van der Waals surface area contributed by atoms with Crippen molar-refractivity contribution in [2.75, 3.05) is 30.9 Å². The van der Waals surface area contributed by atoms with Gasteiger partial charge in [-0.15, -0.1) is 0 Å². The lowest BCUT2D eigenvalue weighted by Crippen LogP contribution is -2.27. The zero-order chi connectivity index (χ0) is 13.2. The molecule has 0 unspecified atom stereocenters. The lowest BCUT2D eigenvalue weighted by Gasteiger charge is -2.22. The molecule has 0 bridgehead atoms. The summed E-state index contributed by atoms with van der Waals surface area (Å²) in [5, 5.41) is 6.70. The van der Waals surface area contributed by atoms with E-state index in [0.717, 1.165) is 48.4 Å². The van der Waals surface area contributed by atoms with Crippen molar-refractivity contribution in [3.8, 4) is 0 Å². The number of fused-ring (bicyclic) bond motifs is 1. The number of anilines is 3. The maximum atomic E-state index is 4.63. The molecule has 1 aliphatic rings. The van der Waals surface area contributed by atoms with E-state index in [1.54, 1.807) is 0 Å². The lowest BCUT2D eigenvalue weighted by atomic mass is 10.1. The van der Waals surface area contributed by atoms with E-state index in [-0.39, 0.29) is 0 Å². The molecule has 6 nitrogen and oxygen atoms in total. The van der Waals surface area contributed by atoms with Crippen molar-refractivity contribution >= 4 is 17.6 Å². The van der Waals surface area contributed by atoms with Crippen molar-refractivity contribution in [2.24, 2.45) is 0 Å².